The molecule has 0 aliphatic rings. The molecule has 2 nitrogen and oxygen atoms in total. The van der Waals surface area contributed by atoms with Crippen LogP contribution in [0.4, 0.5) is 0 Å². The number of benzene rings is 1. The fraction of sp³-hybridized carbons (Fsp3) is 0.357. The van der Waals surface area contributed by atoms with Gasteiger partial charge in [0.2, 0.25) is 0 Å². The van der Waals surface area contributed by atoms with Gasteiger partial charge < -0.3 is 4.74 Å². The van der Waals surface area contributed by atoms with Crippen LogP contribution < -0.4 is 4.74 Å². The maximum Gasteiger partial charge on any atom is 0.128 e. The number of pyridine rings is 1. The summed E-state index contributed by atoms with van der Waals surface area (Å²) in [6, 6.07) is 9.99. The molecule has 2 heteroatoms. The highest BCUT2D eigenvalue weighted by atomic mass is 16.5. The van der Waals surface area contributed by atoms with Gasteiger partial charge in [-0.2, -0.15) is 0 Å². The third-order valence-electron chi connectivity index (χ3n) is 2.56. The second-order valence-corrected chi connectivity index (χ2v) is 4.36. The fourth-order valence-corrected chi connectivity index (χ4v) is 1.61. The average molecular weight is 215 g/mol. The number of nitrogens with zero attached hydrogens (tertiary/aromatic N) is 1. The second-order valence-electron chi connectivity index (χ2n) is 4.36. The van der Waals surface area contributed by atoms with E-state index in [2.05, 4.69) is 18.8 Å². The van der Waals surface area contributed by atoms with E-state index in [0.717, 1.165) is 29.7 Å². The number of hydrogen-bond donors (Lipinski definition) is 0. The minimum atomic E-state index is 0.674. The molecule has 0 aliphatic heterocycles. The predicted octanol–water partition coefficient (Wildman–Crippen LogP) is 3.66. The van der Waals surface area contributed by atoms with Crippen LogP contribution in [-0.2, 0) is 0 Å². The Hall–Kier alpha value is -1.57. The van der Waals surface area contributed by atoms with Gasteiger partial charge in [-0.1, -0.05) is 19.9 Å². The maximum atomic E-state index is 5.79. The highest BCUT2D eigenvalue weighted by Crippen LogP contribution is 2.23. The van der Waals surface area contributed by atoms with E-state index in [1.165, 1.54) is 0 Å². The van der Waals surface area contributed by atoms with Crippen molar-refractivity contribution >= 4 is 10.9 Å². The Morgan fingerprint density at radius 1 is 1.19 bits per heavy atom. The largest absolute Gasteiger partial charge is 0.493 e. The summed E-state index contributed by atoms with van der Waals surface area (Å²) < 4.78 is 5.79. The number of rotatable bonds is 4. The summed E-state index contributed by atoms with van der Waals surface area (Å²) in [6.45, 7) is 5.17. The van der Waals surface area contributed by atoms with Gasteiger partial charge in [-0.25, -0.2) is 0 Å². The van der Waals surface area contributed by atoms with Crippen LogP contribution >= 0.6 is 0 Å². The molecule has 16 heavy (non-hydrogen) atoms. The molecule has 0 saturated carbocycles. The van der Waals surface area contributed by atoms with Crippen molar-refractivity contribution in [3.8, 4) is 5.75 Å². The van der Waals surface area contributed by atoms with Crippen molar-refractivity contribution in [2.45, 2.75) is 20.3 Å². The number of ether oxygens (including phenoxy) is 1. The van der Waals surface area contributed by atoms with Crippen molar-refractivity contribution in [3.63, 3.8) is 0 Å². The zero-order chi connectivity index (χ0) is 11.4. The molecule has 1 aromatic carbocycles. The predicted molar refractivity (Wildman–Crippen MR) is 66.7 cm³/mol. The minimum Gasteiger partial charge on any atom is -0.493 e. The van der Waals surface area contributed by atoms with Gasteiger partial charge in [-0.3, -0.25) is 4.98 Å². The molecular weight excluding hydrogens is 198 g/mol. The molecule has 0 unspecified atom stereocenters. The second kappa shape index (κ2) is 4.97. The molecule has 2 aromatic rings. The van der Waals surface area contributed by atoms with E-state index in [4.69, 9.17) is 4.74 Å². The molecule has 0 bridgehead atoms. The van der Waals surface area contributed by atoms with Gasteiger partial charge in [-0.05, 0) is 36.6 Å². The van der Waals surface area contributed by atoms with Gasteiger partial charge in [0, 0.05) is 11.6 Å². The maximum absolute atomic E-state index is 5.79. The fourth-order valence-electron chi connectivity index (χ4n) is 1.61. The first-order valence-corrected chi connectivity index (χ1v) is 5.74. The summed E-state index contributed by atoms with van der Waals surface area (Å²) in [5.41, 5.74) is 0.990. The Bertz CT molecular complexity index is 460. The van der Waals surface area contributed by atoms with Crippen molar-refractivity contribution in [2.24, 2.45) is 5.92 Å². The molecule has 0 aliphatic carbocycles. The van der Waals surface area contributed by atoms with Gasteiger partial charge in [0.25, 0.3) is 0 Å². The van der Waals surface area contributed by atoms with Crippen LogP contribution in [0.25, 0.3) is 10.9 Å². The zero-order valence-electron chi connectivity index (χ0n) is 9.81. The van der Waals surface area contributed by atoms with Gasteiger partial charge >= 0.3 is 0 Å². The van der Waals surface area contributed by atoms with Crippen LogP contribution in [0.5, 0.6) is 5.75 Å². The number of hydrogen-bond acceptors (Lipinski definition) is 2. The minimum absolute atomic E-state index is 0.674. The highest BCUT2D eigenvalue weighted by Gasteiger charge is 2.02. The third kappa shape index (κ3) is 2.51. The van der Waals surface area contributed by atoms with Crippen LogP contribution in [0.3, 0.4) is 0 Å². The lowest BCUT2D eigenvalue weighted by Crippen LogP contribution is -2.01. The van der Waals surface area contributed by atoms with Crippen LogP contribution in [0, 0.1) is 5.92 Å². The van der Waals surface area contributed by atoms with Crippen LogP contribution in [-0.4, -0.2) is 11.6 Å². The molecule has 0 radical (unpaired) electrons. The van der Waals surface area contributed by atoms with Crippen LogP contribution in [0.1, 0.15) is 20.3 Å². The number of fused-ring (bicyclic) bond motifs is 1. The first-order chi connectivity index (χ1) is 7.77. The lowest BCUT2D eigenvalue weighted by molar-refractivity contribution is 0.292. The average Bonchev–Trinajstić information content (AvgIpc) is 2.29. The molecule has 0 N–H and O–H groups in total. The normalized spacial score (nSPS) is 10.9. The van der Waals surface area contributed by atoms with E-state index in [-0.39, 0.29) is 0 Å². The number of aromatic nitrogens is 1. The van der Waals surface area contributed by atoms with Crippen LogP contribution in [0.2, 0.25) is 0 Å². The molecule has 1 heterocycles. The Labute approximate surface area is 96.3 Å². The molecule has 2 rings (SSSR count). The lowest BCUT2D eigenvalue weighted by atomic mass is 10.1. The lowest BCUT2D eigenvalue weighted by Gasteiger charge is -2.10. The van der Waals surface area contributed by atoms with E-state index in [1.807, 2.05) is 30.3 Å². The molecule has 0 spiro atoms. The Kier molecular flexibility index (Phi) is 3.40. The SMILES string of the molecule is CC(C)CCOc1cccc2ncccc12. The van der Waals surface area contributed by atoms with E-state index in [9.17, 15) is 0 Å². The Morgan fingerprint density at radius 2 is 2.06 bits per heavy atom. The summed E-state index contributed by atoms with van der Waals surface area (Å²) in [6.07, 6.45) is 2.89. The summed E-state index contributed by atoms with van der Waals surface area (Å²) >= 11 is 0. The first kappa shape index (κ1) is 10.9. The van der Waals surface area contributed by atoms with E-state index < -0.39 is 0 Å². The van der Waals surface area contributed by atoms with Gasteiger partial charge in [0.1, 0.15) is 5.75 Å². The molecule has 0 saturated heterocycles. The van der Waals surface area contributed by atoms with Crippen molar-refractivity contribution in [2.75, 3.05) is 6.61 Å². The van der Waals surface area contributed by atoms with Gasteiger partial charge in [0.05, 0.1) is 12.1 Å². The molecule has 0 atom stereocenters. The first-order valence-electron chi connectivity index (χ1n) is 5.74. The van der Waals surface area contributed by atoms with E-state index >= 15 is 0 Å². The van der Waals surface area contributed by atoms with Gasteiger partial charge in [0.15, 0.2) is 0 Å². The van der Waals surface area contributed by atoms with Crippen molar-refractivity contribution in [1.29, 1.82) is 0 Å². The molecule has 1 aromatic heterocycles. The van der Waals surface area contributed by atoms with Crippen molar-refractivity contribution < 1.29 is 4.74 Å². The monoisotopic (exact) mass is 215 g/mol. The van der Waals surface area contributed by atoms with Crippen molar-refractivity contribution in [1.82, 2.24) is 4.98 Å². The Balaban J connectivity index is 2.17. The molecule has 84 valence electrons. The standard InChI is InChI=1S/C14H17NO/c1-11(2)8-10-16-14-7-3-6-13-12(14)5-4-9-15-13/h3-7,9,11H,8,10H2,1-2H3. The third-order valence-corrected chi connectivity index (χ3v) is 2.56. The summed E-state index contributed by atoms with van der Waals surface area (Å²) in [5, 5.41) is 1.09. The topological polar surface area (TPSA) is 22.1 Å². The summed E-state index contributed by atoms with van der Waals surface area (Å²) in [7, 11) is 0. The molecule has 0 fully saturated rings. The quantitative estimate of drug-likeness (QED) is 0.776. The molecular formula is C14H17NO. The van der Waals surface area contributed by atoms with E-state index in [1.54, 1.807) is 6.20 Å². The summed E-state index contributed by atoms with van der Waals surface area (Å²) in [5.74, 6) is 1.61. The van der Waals surface area contributed by atoms with Gasteiger partial charge in [-0.15, -0.1) is 0 Å². The Morgan fingerprint density at radius 3 is 2.88 bits per heavy atom. The summed E-state index contributed by atoms with van der Waals surface area (Å²) in [4.78, 5) is 4.31. The smallest absolute Gasteiger partial charge is 0.128 e. The van der Waals surface area contributed by atoms with Crippen molar-refractivity contribution in [3.05, 3.63) is 36.5 Å². The highest BCUT2D eigenvalue weighted by molar-refractivity contribution is 5.84. The van der Waals surface area contributed by atoms with Crippen LogP contribution in [0.15, 0.2) is 36.5 Å². The molecule has 0 amide bonds. The van der Waals surface area contributed by atoms with E-state index in [0.29, 0.717) is 5.92 Å². The zero-order valence-corrected chi connectivity index (χ0v) is 9.81.